The molecule has 0 fully saturated rings. The summed E-state index contributed by atoms with van der Waals surface area (Å²) in [6, 6.07) is 82.2. The van der Waals surface area contributed by atoms with E-state index in [9.17, 15) is 0 Å². The molecule has 0 radical (unpaired) electrons. The molecular weight excluding hydrogens is 881 g/mol. The molecule has 0 bridgehead atoms. The van der Waals surface area contributed by atoms with Gasteiger partial charge < -0.3 is 10.2 Å². The molecule has 0 spiro atoms. The maximum Gasteiger partial charge on any atom is 0.308 e. The molecule has 1 atom stereocenters. The van der Waals surface area contributed by atoms with Crippen LogP contribution in [0.4, 0.5) is 17.1 Å². The first-order valence-electron chi connectivity index (χ1n) is 24.4. The normalized spacial score (nSPS) is 12.9. The third-order valence-corrected chi connectivity index (χ3v) is 13.4. The van der Waals surface area contributed by atoms with Gasteiger partial charge in [0.05, 0.1) is 35.1 Å². The van der Waals surface area contributed by atoms with Gasteiger partial charge in [0.2, 0.25) is 0 Å². The van der Waals surface area contributed by atoms with E-state index in [1.807, 2.05) is 72.8 Å². The zero-order chi connectivity index (χ0) is 48.4. The summed E-state index contributed by atoms with van der Waals surface area (Å²) in [5, 5.41) is 3.76. The van der Waals surface area contributed by atoms with Crippen LogP contribution >= 0.6 is 0 Å². The van der Waals surface area contributed by atoms with Crippen molar-refractivity contribution in [1.29, 1.82) is 0 Å². The standard InChI is InChI=1S/C64H49N8/c1-3-58-65-56-36-18-19-37-57(56)72(58)51-33-21-31-48(41-51)55-42-49(38-39-53(55)62-67-59(44-24-10-5-11-25-44)66-60(68-62)45-26-12-6-13-27-45)52-34-16-17-35-54(52)64-70-61(69-63(71(64)2)46-28-14-7-15-29-46)50-32-20-30-47(40-50)43-22-8-4-9-23-43/h4-42,58,65H,3H2,1-2H3/q+1. The molecule has 9 aromatic carbocycles. The summed E-state index contributed by atoms with van der Waals surface area (Å²) < 4.78 is 2.12. The minimum absolute atomic E-state index is 0.0980. The van der Waals surface area contributed by atoms with Gasteiger partial charge in [0.1, 0.15) is 6.17 Å². The Bertz CT molecular complexity index is 3680. The number of hydrogen-bond acceptors (Lipinski definition) is 7. The van der Waals surface area contributed by atoms with Gasteiger partial charge in [0.25, 0.3) is 11.6 Å². The molecule has 3 heterocycles. The van der Waals surface area contributed by atoms with Gasteiger partial charge in [-0.25, -0.2) is 19.5 Å². The van der Waals surface area contributed by atoms with Crippen molar-refractivity contribution in [3.05, 3.63) is 237 Å². The SMILES string of the molecule is CCC1Nc2ccccc2N1c1cccc(-c2cc(-c3ccccc3-c3nc(-c4cccc(-c5ccccc5)c4)nc(-c4ccccc4)[n+]3C)ccc2-c2nc(-c3ccccc3)nc(-c3ccccc3)n2)c1. The molecule has 1 aliphatic heterocycles. The van der Waals surface area contributed by atoms with Gasteiger partial charge in [-0.3, -0.25) is 0 Å². The highest BCUT2D eigenvalue weighted by molar-refractivity contribution is 5.91. The Labute approximate surface area is 419 Å². The number of hydrogen-bond donors (Lipinski definition) is 1. The fourth-order valence-corrected chi connectivity index (χ4v) is 9.81. The van der Waals surface area contributed by atoms with E-state index in [0.717, 1.165) is 102 Å². The predicted octanol–water partition coefficient (Wildman–Crippen LogP) is 14.8. The highest BCUT2D eigenvalue weighted by Crippen LogP contribution is 2.44. The van der Waals surface area contributed by atoms with Crippen molar-refractivity contribution in [1.82, 2.24) is 24.9 Å². The van der Waals surface area contributed by atoms with E-state index < -0.39 is 0 Å². The summed E-state index contributed by atoms with van der Waals surface area (Å²) in [7, 11) is 2.06. The quantitative estimate of drug-likeness (QED) is 0.129. The fourth-order valence-electron chi connectivity index (χ4n) is 9.81. The van der Waals surface area contributed by atoms with Crippen molar-refractivity contribution in [2.45, 2.75) is 19.5 Å². The van der Waals surface area contributed by atoms with Crippen LogP contribution in [0.25, 0.3) is 102 Å². The molecule has 72 heavy (non-hydrogen) atoms. The zero-order valence-electron chi connectivity index (χ0n) is 39.9. The van der Waals surface area contributed by atoms with E-state index in [2.05, 4.69) is 193 Å². The summed E-state index contributed by atoms with van der Waals surface area (Å²) in [5.41, 5.74) is 15.3. The predicted molar refractivity (Wildman–Crippen MR) is 292 cm³/mol. The van der Waals surface area contributed by atoms with E-state index in [0.29, 0.717) is 23.3 Å². The molecule has 8 nitrogen and oxygen atoms in total. The van der Waals surface area contributed by atoms with Crippen molar-refractivity contribution >= 4 is 17.1 Å². The highest BCUT2D eigenvalue weighted by Gasteiger charge is 2.30. The number of nitrogens with zero attached hydrogens (tertiary/aromatic N) is 7. The van der Waals surface area contributed by atoms with E-state index >= 15 is 0 Å². The molecule has 0 saturated carbocycles. The van der Waals surface area contributed by atoms with Gasteiger partial charge in [-0.2, -0.15) is 0 Å². The first-order chi connectivity index (χ1) is 35.6. The van der Waals surface area contributed by atoms with Crippen LogP contribution in [0.2, 0.25) is 0 Å². The van der Waals surface area contributed by atoms with Gasteiger partial charge in [-0.05, 0) is 107 Å². The molecule has 1 aliphatic rings. The third-order valence-electron chi connectivity index (χ3n) is 13.4. The van der Waals surface area contributed by atoms with E-state index in [1.54, 1.807) is 0 Å². The Kier molecular flexibility index (Phi) is 11.7. The molecule has 1 unspecified atom stereocenters. The number of fused-ring (bicyclic) bond motifs is 1. The largest absolute Gasteiger partial charge is 0.363 e. The fraction of sp³-hybridized carbons (Fsp3) is 0.0625. The average molecular weight is 930 g/mol. The number of para-hydroxylation sites is 2. The number of benzene rings is 9. The monoisotopic (exact) mass is 929 g/mol. The number of rotatable bonds is 11. The van der Waals surface area contributed by atoms with Crippen molar-refractivity contribution in [2.75, 3.05) is 10.2 Å². The summed E-state index contributed by atoms with van der Waals surface area (Å²) >= 11 is 0. The molecule has 8 heteroatoms. The van der Waals surface area contributed by atoms with Crippen LogP contribution in [0.1, 0.15) is 13.3 Å². The van der Waals surface area contributed by atoms with Crippen molar-refractivity contribution < 1.29 is 4.57 Å². The molecule has 12 rings (SSSR count). The van der Waals surface area contributed by atoms with Crippen LogP contribution in [-0.4, -0.2) is 31.1 Å². The maximum atomic E-state index is 5.45. The van der Waals surface area contributed by atoms with Gasteiger partial charge in [0.15, 0.2) is 17.5 Å². The lowest BCUT2D eigenvalue weighted by atomic mass is 9.91. The summed E-state index contributed by atoms with van der Waals surface area (Å²) in [5.74, 6) is 4.04. The van der Waals surface area contributed by atoms with Crippen molar-refractivity contribution in [2.24, 2.45) is 7.05 Å². The Morgan fingerprint density at radius 1 is 0.375 bits per heavy atom. The molecule has 0 amide bonds. The van der Waals surface area contributed by atoms with Crippen LogP contribution in [0.5, 0.6) is 0 Å². The lowest BCUT2D eigenvalue weighted by molar-refractivity contribution is -0.654. The Morgan fingerprint density at radius 3 is 1.58 bits per heavy atom. The lowest BCUT2D eigenvalue weighted by Crippen LogP contribution is -2.37. The molecule has 2 aromatic heterocycles. The topological polar surface area (TPSA) is 83.6 Å². The lowest BCUT2D eigenvalue weighted by Gasteiger charge is -2.27. The molecule has 0 saturated heterocycles. The molecule has 1 N–H and O–H groups in total. The van der Waals surface area contributed by atoms with Gasteiger partial charge in [-0.1, -0.05) is 187 Å². The second-order valence-corrected chi connectivity index (χ2v) is 17.9. The summed E-state index contributed by atoms with van der Waals surface area (Å²) in [6.07, 6.45) is 1.01. The van der Waals surface area contributed by atoms with Gasteiger partial charge in [0, 0.05) is 22.4 Å². The van der Waals surface area contributed by atoms with Crippen molar-refractivity contribution in [3.63, 3.8) is 0 Å². The summed E-state index contributed by atoms with van der Waals surface area (Å²) in [6.45, 7) is 2.22. The average Bonchev–Trinajstić information content (AvgIpc) is 3.85. The molecule has 11 aromatic rings. The van der Waals surface area contributed by atoms with Crippen LogP contribution in [0.3, 0.4) is 0 Å². The first kappa shape index (κ1) is 43.9. The van der Waals surface area contributed by atoms with E-state index in [1.165, 1.54) is 0 Å². The van der Waals surface area contributed by atoms with Crippen molar-refractivity contribution in [3.8, 4) is 102 Å². The number of aromatic nitrogens is 6. The first-order valence-corrected chi connectivity index (χ1v) is 24.4. The Hall–Kier alpha value is -9.40. The third kappa shape index (κ3) is 8.45. The van der Waals surface area contributed by atoms with E-state index in [-0.39, 0.29) is 6.17 Å². The van der Waals surface area contributed by atoms with E-state index in [4.69, 9.17) is 24.9 Å². The smallest absolute Gasteiger partial charge is 0.308 e. The molecular formula is C64H49N8+. The highest BCUT2D eigenvalue weighted by atomic mass is 15.3. The Balaban J connectivity index is 1.06. The number of anilines is 3. The molecule has 0 aliphatic carbocycles. The second-order valence-electron chi connectivity index (χ2n) is 17.9. The zero-order valence-corrected chi connectivity index (χ0v) is 39.9. The second kappa shape index (κ2) is 19.2. The van der Waals surface area contributed by atoms with Crippen LogP contribution in [0.15, 0.2) is 237 Å². The van der Waals surface area contributed by atoms with Crippen LogP contribution in [0, 0.1) is 0 Å². The molecule has 344 valence electrons. The van der Waals surface area contributed by atoms with Gasteiger partial charge >= 0.3 is 5.82 Å². The summed E-state index contributed by atoms with van der Waals surface area (Å²) in [4.78, 5) is 28.7. The van der Waals surface area contributed by atoms with Crippen LogP contribution < -0.4 is 14.8 Å². The Morgan fingerprint density at radius 2 is 0.889 bits per heavy atom. The minimum Gasteiger partial charge on any atom is -0.363 e. The van der Waals surface area contributed by atoms with Crippen LogP contribution in [-0.2, 0) is 7.05 Å². The minimum atomic E-state index is 0.0980. The number of nitrogens with one attached hydrogen (secondary N) is 1. The van der Waals surface area contributed by atoms with Gasteiger partial charge in [-0.15, -0.1) is 0 Å². The maximum absolute atomic E-state index is 5.45.